The van der Waals surface area contributed by atoms with Gasteiger partial charge in [-0.2, -0.15) is 0 Å². The highest BCUT2D eigenvalue weighted by molar-refractivity contribution is 7.00. The van der Waals surface area contributed by atoms with Crippen molar-refractivity contribution < 1.29 is 0 Å². The summed E-state index contributed by atoms with van der Waals surface area (Å²) in [5.74, 6) is 0. The summed E-state index contributed by atoms with van der Waals surface area (Å²) in [6.07, 6.45) is 0. The SMILES string of the molecule is CC(C)(C)c1cc(N2c3cc4c(ccc5ccccc54)cc3B3c4cc5ccc6ccccc6c5cc4N(c4cc(C(C)(C)C)cc(C(C)(C)C)c4)c4cc(-c5ccc6c(c5)C5(c7ccccc7-c7ccccc75)c5ccccc5-6)cc2c43)cc(C(C)(C)C)c1. The Morgan fingerprint density at radius 1 is 0.278 bits per heavy atom. The fourth-order valence-corrected chi connectivity index (χ4v) is 16.2. The van der Waals surface area contributed by atoms with Crippen LogP contribution in [0.15, 0.2) is 237 Å². The molecule has 0 aromatic heterocycles. The van der Waals surface area contributed by atoms with Gasteiger partial charge in [0.25, 0.3) is 6.71 Å². The average molecular weight is 1160 g/mol. The molecule has 0 bridgehead atoms. The minimum absolute atomic E-state index is 0.127. The van der Waals surface area contributed by atoms with Crippen LogP contribution in [0, 0.1) is 0 Å². The van der Waals surface area contributed by atoms with Gasteiger partial charge in [-0.1, -0.05) is 265 Å². The Kier molecular flexibility index (Phi) is 11.4. The van der Waals surface area contributed by atoms with E-state index in [9.17, 15) is 0 Å². The van der Waals surface area contributed by atoms with Crippen molar-refractivity contribution in [2.24, 2.45) is 0 Å². The summed E-state index contributed by atoms with van der Waals surface area (Å²) >= 11 is 0. The molecule has 0 amide bonds. The van der Waals surface area contributed by atoms with Crippen molar-refractivity contribution in [3.05, 3.63) is 281 Å². The first kappa shape index (κ1) is 54.7. The van der Waals surface area contributed by atoms with Gasteiger partial charge in [-0.3, -0.25) is 0 Å². The Morgan fingerprint density at radius 2 is 0.644 bits per heavy atom. The van der Waals surface area contributed by atoms with Crippen LogP contribution >= 0.6 is 0 Å². The van der Waals surface area contributed by atoms with E-state index in [1.165, 1.54) is 171 Å². The summed E-state index contributed by atoms with van der Waals surface area (Å²) in [6.45, 7) is 28.4. The third kappa shape index (κ3) is 7.90. The Labute approximate surface area is 531 Å². The topological polar surface area (TPSA) is 6.48 Å². The highest BCUT2D eigenvalue weighted by Crippen LogP contribution is 2.63. The molecule has 0 radical (unpaired) electrons. The quantitative estimate of drug-likeness (QED) is 0.128. The number of benzene rings is 13. The maximum atomic E-state index is 2.71. The maximum Gasteiger partial charge on any atom is 0.252 e. The van der Waals surface area contributed by atoms with E-state index < -0.39 is 5.41 Å². The van der Waals surface area contributed by atoms with Crippen LogP contribution in [-0.4, -0.2) is 6.71 Å². The molecule has 0 saturated heterocycles. The zero-order chi connectivity index (χ0) is 61.7. The van der Waals surface area contributed by atoms with Crippen LogP contribution in [-0.2, 0) is 27.1 Å². The molecule has 13 aromatic rings. The maximum absolute atomic E-state index is 2.71. The fourth-order valence-electron chi connectivity index (χ4n) is 16.2. The molecule has 3 heteroatoms. The molecule has 2 aliphatic heterocycles. The predicted octanol–water partition coefficient (Wildman–Crippen LogP) is 21.6. The molecule has 2 aliphatic carbocycles. The van der Waals surface area contributed by atoms with Gasteiger partial charge in [-0.15, -0.1) is 0 Å². The van der Waals surface area contributed by atoms with Gasteiger partial charge in [-0.05, 0) is 214 Å². The highest BCUT2D eigenvalue weighted by Gasteiger charge is 2.52. The van der Waals surface area contributed by atoms with Crippen LogP contribution in [0.5, 0.6) is 0 Å². The zero-order valence-corrected chi connectivity index (χ0v) is 54.0. The van der Waals surface area contributed by atoms with Gasteiger partial charge in [0.15, 0.2) is 0 Å². The second-order valence-electron chi connectivity index (χ2n) is 30.6. The largest absolute Gasteiger partial charge is 0.311 e. The normalized spacial score (nSPS) is 14.5. The van der Waals surface area contributed by atoms with Gasteiger partial charge in [0.1, 0.15) is 0 Å². The van der Waals surface area contributed by atoms with Gasteiger partial charge < -0.3 is 9.80 Å². The van der Waals surface area contributed by atoms with E-state index >= 15 is 0 Å². The fraction of sp³-hybridized carbons (Fsp3) is 0.195. The van der Waals surface area contributed by atoms with Gasteiger partial charge in [-0.25, -0.2) is 0 Å². The smallest absolute Gasteiger partial charge is 0.252 e. The summed E-state index contributed by atoms with van der Waals surface area (Å²) < 4.78 is 0. The third-order valence-corrected chi connectivity index (χ3v) is 20.9. The molecule has 0 fully saturated rings. The van der Waals surface area contributed by atoms with E-state index in [2.05, 4.69) is 329 Å². The first-order valence-corrected chi connectivity index (χ1v) is 32.6. The number of hydrogen-bond donors (Lipinski definition) is 0. The van der Waals surface area contributed by atoms with Gasteiger partial charge in [0.2, 0.25) is 0 Å². The van der Waals surface area contributed by atoms with Crippen molar-refractivity contribution >= 4 is 100 Å². The summed E-state index contributed by atoms with van der Waals surface area (Å²) in [5, 5.41) is 10.0. The van der Waals surface area contributed by atoms with E-state index in [-0.39, 0.29) is 28.4 Å². The zero-order valence-electron chi connectivity index (χ0n) is 54.0. The molecule has 1 spiro atoms. The lowest BCUT2D eigenvalue weighted by Gasteiger charge is -2.45. The Balaban J connectivity index is 1.04. The van der Waals surface area contributed by atoms with Crippen molar-refractivity contribution in [1.29, 1.82) is 0 Å². The van der Waals surface area contributed by atoms with Crippen LogP contribution in [0.1, 0.15) is 128 Å². The molecule has 436 valence electrons. The lowest BCUT2D eigenvalue weighted by Crippen LogP contribution is -2.61. The first-order chi connectivity index (χ1) is 43.1. The summed E-state index contributed by atoms with van der Waals surface area (Å²) in [4.78, 5) is 5.41. The van der Waals surface area contributed by atoms with Gasteiger partial charge in [0, 0.05) is 34.1 Å². The van der Waals surface area contributed by atoms with Crippen molar-refractivity contribution in [2.75, 3.05) is 9.80 Å². The lowest BCUT2D eigenvalue weighted by atomic mass is 9.33. The van der Waals surface area contributed by atoms with Crippen molar-refractivity contribution in [2.45, 2.75) is 110 Å². The number of hydrogen-bond acceptors (Lipinski definition) is 2. The second kappa shape index (κ2) is 18.8. The highest BCUT2D eigenvalue weighted by atomic mass is 15.2. The average Bonchev–Trinajstić information content (AvgIpc) is 1.16. The first-order valence-electron chi connectivity index (χ1n) is 32.6. The van der Waals surface area contributed by atoms with E-state index in [0.29, 0.717) is 0 Å². The van der Waals surface area contributed by atoms with Crippen molar-refractivity contribution in [3.8, 4) is 33.4 Å². The van der Waals surface area contributed by atoms with Crippen molar-refractivity contribution in [1.82, 2.24) is 0 Å². The molecule has 13 aromatic carbocycles. The third-order valence-electron chi connectivity index (χ3n) is 20.9. The van der Waals surface area contributed by atoms with Crippen LogP contribution in [0.25, 0.3) is 76.5 Å². The van der Waals surface area contributed by atoms with Crippen LogP contribution in [0.3, 0.4) is 0 Å². The van der Waals surface area contributed by atoms with Gasteiger partial charge >= 0.3 is 0 Å². The predicted molar refractivity (Wildman–Crippen MR) is 387 cm³/mol. The molecule has 2 heterocycles. The second-order valence-corrected chi connectivity index (χ2v) is 30.6. The molecule has 17 rings (SSSR count). The summed E-state index contributed by atoms with van der Waals surface area (Å²) in [7, 11) is 0. The van der Waals surface area contributed by atoms with Crippen LogP contribution in [0.4, 0.5) is 34.1 Å². The van der Waals surface area contributed by atoms with Crippen LogP contribution in [0.2, 0.25) is 0 Å². The van der Waals surface area contributed by atoms with E-state index in [1.807, 2.05) is 0 Å². The van der Waals surface area contributed by atoms with E-state index in [4.69, 9.17) is 0 Å². The standard InChI is InChI=1S/C87H75BN2/c1-83(2,3)58-44-59(84(4,5)6)47-62(46-58)89-78-50-70-55(35-33-52-23-13-15-25-64(52)70)40-76(78)88-77-41-56-36-34-53-24-14-16-26-65(53)71(56)51-79(77)90(63-48-60(85(7,8)9)45-61(49-63)86(10,11)12)81-43-57(42-80(89)82(81)88)54-37-38-69-68-29-19-22-32-74(68)87(75(69)39-54)72-30-20-17-27-66(72)67-28-18-21-31-73(67)87/h13-51H,1-12H3. The minimum Gasteiger partial charge on any atom is -0.311 e. The van der Waals surface area contributed by atoms with Crippen molar-refractivity contribution in [3.63, 3.8) is 0 Å². The molecule has 0 unspecified atom stereocenters. The Bertz CT molecular complexity index is 4910. The molecule has 0 atom stereocenters. The monoisotopic (exact) mass is 1160 g/mol. The number of nitrogens with zero attached hydrogens (tertiary/aromatic N) is 2. The molecule has 90 heavy (non-hydrogen) atoms. The molecular formula is C87H75BN2. The minimum atomic E-state index is -0.500. The number of rotatable bonds is 3. The van der Waals surface area contributed by atoms with E-state index in [0.717, 1.165) is 0 Å². The Morgan fingerprint density at radius 3 is 1.06 bits per heavy atom. The molecule has 0 saturated carbocycles. The lowest BCUT2D eigenvalue weighted by molar-refractivity contribution is 0.568. The van der Waals surface area contributed by atoms with Gasteiger partial charge in [0.05, 0.1) is 5.41 Å². The summed E-state index contributed by atoms with van der Waals surface area (Å²) in [5.41, 5.74) is 28.4. The summed E-state index contributed by atoms with van der Waals surface area (Å²) in [6, 6.07) is 93.0. The molecule has 0 N–H and O–H groups in total. The van der Waals surface area contributed by atoms with E-state index in [1.54, 1.807) is 0 Å². The molecule has 2 nitrogen and oxygen atoms in total. The van der Waals surface area contributed by atoms with Crippen LogP contribution < -0.4 is 26.2 Å². The number of fused-ring (bicyclic) bond motifs is 20. The Hall–Kier alpha value is -9.44. The number of anilines is 6. The molecular weight excluding hydrogens is 1080 g/mol. The molecule has 4 aliphatic rings.